The Balaban J connectivity index is 0.000000131. The summed E-state index contributed by atoms with van der Waals surface area (Å²) in [5.74, 6) is -0.789. The number of nitrogens with zero attached hydrogens (tertiary/aromatic N) is 8. The molecular weight excluding hydrogens is 1100 g/mol. The van der Waals surface area contributed by atoms with Gasteiger partial charge in [-0.3, -0.25) is 10.2 Å². The summed E-state index contributed by atoms with van der Waals surface area (Å²) >= 11 is 6.17. The van der Waals surface area contributed by atoms with Gasteiger partial charge in [0.05, 0.1) is 40.5 Å². The third-order valence-electron chi connectivity index (χ3n) is 13.8. The fourth-order valence-electron chi connectivity index (χ4n) is 8.82. The Hall–Kier alpha value is -5.68. The molecule has 394 valence electrons. The lowest BCUT2D eigenvalue weighted by Crippen LogP contribution is -2.41. The summed E-state index contributed by atoms with van der Waals surface area (Å²) in [5.41, 5.74) is 6.24. The van der Waals surface area contributed by atoms with Crippen molar-refractivity contribution in [3.8, 4) is 44.5 Å². The number of rotatable bonds is 8. The second-order valence-electron chi connectivity index (χ2n) is 19.6. The predicted molar refractivity (Wildman–Crippen MR) is 287 cm³/mol. The molecule has 12 rings (SSSR count). The van der Waals surface area contributed by atoms with Gasteiger partial charge in [0.15, 0.2) is 0 Å². The molecule has 75 heavy (non-hydrogen) atoms. The summed E-state index contributed by atoms with van der Waals surface area (Å²) < 4.78 is 77.5. The topological polar surface area (TPSA) is 157 Å². The summed E-state index contributed by atoms with van der Waals surface area (Å²) in [6, 6.07) is 15.2. The van der Waals surface area contributed by atoms with Crippen molar-refractivity contribution in [1.82, 2.24) is 49.7 Å². The van der Waals surface area contributed by atoms with Gasteiger partial charge in [0.2, 0.25) is 0 Å². The molecule has 0 saturated carbocycles. The number of nitrogens with one attached hydrogen (secondary N) is 2. The zero-order valence-corrected chi connectivity index (χ0v) is 45.4. The van der Waals surface area contributed by atoms with Crippen molar-refractivity contribution in [3.05, 3.63) is 143 Å². The minimum atomic E-state index is -0.350. The highest BCUT2D eigenvalue weighted by molar-refractivity contribution is 9.11. The van der Waals surface area contributed by atoms with E-state index in [9.17, 15) is 13.2 Å². The van der Waals surface area contributed by atoms with Gasteiger partial charge in [-0.1, -0.05) is 40.2 Å². The largest absolute Gasteiger partial charge is 0.498 e. The first-order chi connectivity index (χ1) is 36.2. The minimum Gasteiger partial charge on any atom is -0.399 e. The number of aromatic amines is 2. The van der Waals surface area contributed by atoms with Gasteiger partial charge in [0, 0.05) is 100 Å². The molecule has 15 nitrogen and oxygen atoms in total. The summed E-state index contributed by atoms with van der Waals surface area (Å²) in [7, 11) is -0.350. The molecule has 5 aromatic heterocycles. The molecule has 0 bridgehead atoms. The maximum absolute atomic E-state index is 14.9. The fourth-order valence-corrected chi connectivity index (χ4v) is 9.40. The number of halogens is 5. The third kappa shape index (κ3) is 13.5. The van der Waals surface area contributed by atoms with Crippen LogP contribution in [-0.4, -0.2) is 87.9 Å². The normalized spacial score (nSPS) is 20.0. The Morgan fingerprint density at radius 3 is 1.48 bits per heavy atom. The molecule has 4 aliphatic heterocycles. The van der Waals surface area contributed by atoms with Crippen molar-refractivity contribution in [3.63, 3.8) is 0 Å². The first kappa shape index (κ1) is 54.1. The summed E-state index contributed by atoms with van der Waals surface area (Å²) in [4.78, 5) is 0. The van der Waals surface area contributed by atoms with Crippen molar-refractivity contribution in [2.45, 2.75) is 115 Å². The van der Waals surface area contributed by atoms with E-state index in [1.807, 2.05) is 52.4 Å². The molecule has 21 heteroatoms. The van der Waals surface area contributed by atoms with Crippen LogP contribution in [0.15, 0.2) is 126 Å². The summed E-state index contributed by atoms with van der Waals surface area (Å²) in [6.07, 6.45) is 27.4. The first-order valence-electron chi connectivity index (χ1n) is 25.2. The van der Waals surface area contributed by atoms with E-state index < -0.39 is 0 Å². The Kier molecular flexibility index (Phi) is 17.7. The van der Waals surface area contributed by atoms with Gasteiger partial charge in [0.1, 0.15) is 36.1 Å². The molecule has 0 amide bonds. The van der Waals surface area contributed by atoms with Crippen LogP contribution in [0, 0.1) is 17.5 Å². The van der Waals surface area contributed by atoms with Crippen LogP contribution >= 0.6 is 31.9 Å². The van der Waals surface area contributed by atoms with E-state index in [2.05, 4.69) is 95.2 Å². The Bertz CT molecular complexity index is 3060. The van der Waals surface area contributed by atoms with Crippen molar-refractivity contribution in [1.29, 1.82) is 0 Å². The second-order valence-corrected chi connectivity index (χ2v) is 21.4. The zero-order valence-electron chi connectivity index (χ0n) is 42.3. The number of hydrogen-bond donors (Lipinski definition) is 2. The minimum absolute atomic E-state index is 0.0190. The zero-order chi connectivity index (χ0) is 52.5. The quantitative estimate of drug-likeness (QED) is 0.111. The van der Waals surface area contributed by atoms with Crippen LogP contribution in [0.25, 0.3) is 44.5 Å². The van der Waals surface area contributed by atoms with Gasteiger partial charge in [-0.2, -0.15) is 25.5 Å². The highest BCUT2D eigenvalue weighted by atomic mass is 79.9. The average molecular weight is 1160 g/mol. The van der Waals surface area contributed by atoms with Gasteiger partial charge in [-0.05, 0) is 143 Å². The Labute approximate surface area is 451 Å². The number of hydrogen-bond acceptors (Lipinski definition) is 10. The molecule has 3 aromatic carbocycles. The predicted octanol–water partition coefficient (Wildman–Crippen LogP) is 12.8. The summed E-state index contributed by atoms with van der Waals surface area (Å²) in [6.45, 7) is 10.6. The molecule has 0 radical (unpaired) electrons. The number of aromatic nitrogens is 10. The van der Waals surface area contributed by atoms with Crippen LogP contribution in [-0.2, 0) is 23.5 Å². The molecule has 4 saturated heterocycles. The molecule has 2 N–H and O–H groups in total. The van der Waals surface area contributed by atoms with Crippen molar-refractivity contribution in [2.75, 3.05) is 19.8 Å². The SMILES string of the molecule is CC1(C)OB(c2cnn(C3CCCCO3)c2)OC1(C)C.Fc1cc(-c2cn[nH]c2)ccc1-c1cn[nH]c1.Fc1cc(-c2cnn(C3CCCCO3)c2)ccc1-c1cnn(C2CCCCO2)c1.Fc1cc(Br)ccc1Br. The van der Waals surface area contributed by atoms with Crippen LogP contribution in [0.3, 0.4) is 0 Å². The highest BCUT2D eigenvalue weighted by Gasteiger charge is 2.52. The molecule has 9 heterocycles. The van der Waals surface area contributed by atoms with Crippen molar-refractivity contribution in [2.24, 2.45) is 0 Å². The van der Waals surface area contributed by atoms with Crippen LogP contribution < -0.4 is 5.46 Å². The third-order valence-corrected chi connectivity index (χ3v) is 14.9. The van der Waals surface area contributed by atoms with Crippen molar-refractivity contribution >= 4 is 44.4 Å². The monoisotopic (exact) mass is 1150 g/mol. The molecule has 4 aliphatic rings. The molecule has 0 aliphatic carbocycles. The van der Waals surface area contributed by atoms with Crippen LogP contribution in [0.2, 0.25) is 0 Å². The van der Waals surface area contributed by atoms with E-state index in [1.54, 1.807) is 66.1 Å². The Morgan fingerprint density at radius 2 is 1.00 bits per heavy atom. The molecule has 8 aromatic rings. The van der Waals surface area contributed by atoms with E-state index in [0.29, 0.717) is 15.6 Å². The van der Waals surface area contributed by atoms with Crippen LogP contribution in [0.4, 0.5) is 13.2 Å². The molecular formula is C54H60BBr2F3N10O5. The van der Waals surface area contributed by atoms with Crippen LogP contribution in [0.5, 0.6) is 0 Å². The lowest BCUT2D eigenvalue weighted by atomic mass is 9.82. The number of benzene rings is 3. The van der Waals surface area contributed by atoms with Crippen molar-refractivity contribution < 1.29 is 36.7 Å². The van der Waals surface area contributed by atoms with E-state index in [1.165, 1.54) is 18.6 Å². The fraction of sp³-hybridized carbons (Fsp3) is 0.389. The summed E-state index contributed by atoms with van der Waals surface area (Å²) in [5, 5.41) is 26.2. The van der Waals surface area contributed by atoms with Gasteiger partial charge in [0.25, 0.3) is 0 Å². The highest BCUT2D eigenvalue weighted by Crippen LogP contribution is 2.37. The standard InChI is InChI=1S/C22H25FN4O2.C14H23BN2O3.C12H9FN4.C6H3Br2F/c23-20-11-16(17-12-24-26(14-17)21-5-1-3-9-28-21)7-8-19(20)18-13-25-27(15-18)22-6-2-4-10-29-22;1-13(2)14(3,4)20-15(19-13)11-9-16-17(10-11)12-7-5-6-8-18-12;13-12-3-8(9-4-14-15-5-9)1-2-11(12)10-6-16-17-7-10;7-4-1-2-5(8)6(9)3-4/h7-8,11-15,21-22H,1-6,9-10H2;9-10,12H,5-8H2,1-4H3;1-7H,(H,14,15)(H,16,17);1-3H. The van der Waals surface area contributed by atoms with Gasteiger partial charge in [-0.25, -0.2) is 27.2 Å². The van der Waals surface area contributed by atoms with E-state index in [0.717, 1.165) is 115 Å². The van der Waals surface area contributed by atoms with E-state index >= 15 is 0 Å². The number of H-pyrrole nitrogens is 2. The van der Waals surface area contributed by atoms with E-state index in [-0.39, 0.29) is 54.5 Å². The van der Waals surface area contributed by atoms with Gasteiger partial charge >= 0.3 is 7.12 Å². The van der Waals surface area contributed by atoms with E-state index in [4.69, 9.17) is 23.5 Å². The van der Waals surface area contributed by atoms with Crippen LogP contribution in [0.1, 0.15) is 104 Å². The lowest BCUT2D eigenvalue weighted by molar-refractivity contribution is -0.0395. The smallest absolute Gasteiger partial charge is 0.399 e. The second kappa shape index (κ2) is 24.5. The van der Waals surface area contributed by atoms with Gasteiger partial charge < -0.3 is 23.5 Å². The molecule has 4 fully saturated rings. The number of ether oxygens (including phenoxy) is 3. The Morgan fingerprint density at radius 1 is 0.520 bits per heavy atom. The first-order valence-corrected chi connectivity index (χ1v) is 26.8. The lowest BCUT2D eigenvalue weighted by Gasteiger charge is -2.32. The molecule has 3 unspecified atom stereocenters. The van der Waals surface area contributed by atoms with Gasteiger partial charge in [-0.15, -0.1) is 0 Å². The average Bonchev–Trinajstić information content (AvgIpc) is 4.30. The molecule has 3 atom stereocenters. The maximum atomic E-state index is 14.9. The molecule has 0 spiro atoms. The maximum Gasteiger partial charge on any atom is 0.498 e.